The van der Waals surface area contributed by atoms with Crippen molar-refractivity contribution in [3.05, 3.63) is 28.5 Å². The molecule has 0 fully saturated rings. The predicted molar refractivity (Wildman–Crippen MR) is 79.1 cm³/mol. The van der Waals surface area contributed by atoms with Crippen LogP contribution in [0.15, 0.2) is 0 Å². The average molecular weight is 291 g/mol. The summed E-state index contributed by atoms with van der Waals surface area (Å²) in [5.41, 5.74) is 9.37. The van der Waals surface area contributed by atoms with E-state index in [0.29, 0.717) is 18.8 Å². The second kappa shape index (κ2) is 5.59. The van der Waals surface area contributed by atoms with Crippen LogP contribution in [0, 0.1) is 13.8 Å². The smallest absolute Gasteiger partial charge is 0.360 e. The van der Waals surface area contributed by atoms with Crippen LogP contribution in [-0.4, -0.2) is 32.4 Å². The Hall–Kier alpha value is -2.31. The third kappa shape index (κ3) is 2.51. The number of anilines is 1. The van der Waals surface area contributed by atoms with Gasteiger partial charge in [0.25, 0.3) is 0 Å². The maximum atomic E-state index is 11.7. The van der Waals surface area contributed by atoms with Gasteiger partial charge in [0.05, 0.1) is 19.3 Å². The molecule has 0 saturated carbocycles. The van der Waals surface area contributed by atoms with Crippen LogP contribution in [0.3, 0.4) is 0 Å². The van der Waals surface area contributed by atoms with E-state index in [2.05, 4.69) is 10.1 Å². The molecule has 114 valence electrons. The number of aromatic nitrogens is 4. The lowest BCUT2D eigenvalue weighted by Gasteiger charge is -2.09. The maximum Gasteiger partial charge on any atom is 0.360 e. The van der Waals surface area contributed by atoms with Gasteiger partial charge in [0.15, 0.2) is 5.69 Å². The molecule has 7 nitrogen and oxygen atoms in total. The SMILES string of the molecule is CCc1nc(C(=O)OC)c(N)n1Cc1c(C)nn(C)c1C. The van der Waals surface area contributed by atoms with Crippen molar-refractivity contribution in [3.8, 4) is 0 Å². The van der Waals surface area contributed by atoms with E-state index < -0.39 is 5.97 Å². The summed E-state index contributed by atoms with van der Waals surface area (Å²) in [5.74, 6) is 0.581. The van der Waals surface area contributed by atoms with Crippen molar-refractivity contribution in [1.29, 1.82) is 0 Å². The third-order valence-corrected chi connectivity index (χ3v) is 3.76. The molecule has 2 rings (SSSR count). The Morgan fingerprint density at radius 3 is 2.52 bits per heavy atom. The minimum atomic E-state index is -0.513. The monoisotopic (exact) mass is 291 g/mol. The number of nitrogens with zero attached hydrogens (tertiary/aromatic N) is 4. The zero-order valence-electron chi connectivity index (χ0n) is 13.1. The molecule has 0 aromatic carbocycles. The van der Waals surface area contributed by atoms with Gasteiger partial charge in [-0.3, -0.25) is 4.68 Å². The largest absolute Gasteiger partial charge is 0.464 e. The van der Waals surface area contributed by atoms with Crippen LogP contribution in [0.5, 0.6) is 0 Å². The summed E-state index contributed by atoms with van der Waals surface area (Å²) in [5, 5.41) is 4.40. The number of nitrogen functional groups attached to an aromatic ring is 1. The van der Waals surface area contributed by atoms with E-state index in [-0.39, 0.29) is 5.69 Å². The second-order valence-electron chi connectivity index (χ2n) is 4.97. The lowest BCUT2D eigenvalue weighted by Crippen LogP contribution is -2.11. The minimum Gasteiger partial charge on any atom is -0.464 e. The van der Waals surface area contributed by atoms with E-state index in [0.717, 1.165) is 22.8 Å². The summed E-state index contributed by atoms with van der Waals surface area (Å²) in [6, 6.07) is 0. The molecule has 0 amide bonds. The Kier molecular flexibility index (Phi) is 4.02. The average Bonchev–Trinajstić information content (AvgIpc) is 2.90. The third-order valence-electron chi connectivity index (χ3n) is 3.76. The number of carbonyl (C=O) groups is 1. The number of hydrogen-bond acceptors (Lipinski definition) is 5. The highest BCUT2D eigenvalue weighted by Gasteiger charge is 2.21. The molecule has 21 heavy (non-hydrogen) atoms. The number of methoxy groups -OCH3 is 1. The summed E-state index contributed by atoms with van der Waals surface area (Å²) in [4.78, 5) is 16.0. The fraction of sp³-hybridized carbons (Fsp3) is 0.500. The number of ether oxygens (including phenoxy) is 1. The van der Waals surface area contributed by atoms with Gasteiger partial charge in [-0.2, -0.15) is 5.10 Å². The molecule has 0 spiro atoms. The fourth-order valence-corrected chi connectivity index (χ4v) is 2.41. The lowest BCUT2D eigenvalue weighted by molar-refractivity contribution is 0.0595. The number of carbonyl (C=O) groups excluding carboxylic acids is 1. The van der Waals surface area contributed by atoms with Crippen LogP contribution in [0.1, 0.15) is 40.2 Å². The Morgan fingerprint density at radius 1 is 1.38 bits per heavy atom. The highest BCUT2D eigenvalue weighted by Crippen LogP contribution is 2.21. The van der Waals surface area contributed by atoms with Gasteiger partial charge < -0.3 is 15.0 Å². The molecular formula is C14H21N5O2. The van der Waals surface area contributed by atoms with Crippen molar-refractivity contribution in [2.75, 3.05) is 12.8 Å². The quantitative estimate of drug-likeness (QED) is 0.855. The highest BCUT2D eigenvalue weighted by molar-refractivity contribution is 5.92. The van der Waals surface area contributed by atoms with Gasteiger partial charge >= 0.3 is 5.97 Å². The molecule has 7 heteroatoms. The van der Waals surface area contributed by atoms with Gasteiger partial charge in [0.2, 0.25) is 0 Å². The van der Waals surface area contributed by atoms with E-state index in [1.165, 1.54) is 7.11 Å². The Bertz CT molecular complexity index is 684. The number of nitrogens with two attached hydrogens (primary N) is 1. The summed E-state index contributed by atoms with van der Waals surface area (Å²) in [7, 11) is 3.23. The van der Waals surface area contributed by atoms with Crippen molar-refractivity contribution < 1.29 is 9.53 Å². The van der Waals surface area contributed by atoms with Crippen LogP contribution < -0.4 is 5.73 Å². The zero-order chi connectivity index (χ0) is 15.7. The van der Waals surface area contributed by atoms with Crippen molar-refractivity contribution in [3.63, 3.8) is 0 Å². The maximum absolute atomic E-state index is 11.7. The summed E-state index contributed by atoms with van der Waals surface area (Å²) >= 11 is 0. The van der Waals surface area contributed by atoms with Crippen LogP contribution in [0.25, 0.3) is 0 Å². The zero-order valence-corrected chi connectivity index (χ0v) is 13.1. The van der Waals surface area contributed by atoms with Crippen LogP contribution in [0.4, 0.5) is 5.82 Å². The fourth-order valence-electron chi connectivity index (χ4n) is 2.41. The van der Waals surface area contributed by atoms with Gasteiger partial charge in [0, 0.05) is 24.7 Å². The van der Waals surface area contributed by atoms with Crippen LogP contribution in [0.2, 0.25) is 0 Å². The number of hydrogen-bond donors (Lipinski definition) is 1. The first-order valence-electron chi connectivity index (χ1n) is 6.82. The summed E-state index contributed by atoms with van der Waals surface area (Å²) in [6.07, 6.45) is 0.680. The number of rotatable bonds is 4. The molecule has 2 aromatic heterocycles. The molecule has 2 aromatic rings. The molecule has 2 N–H and O–H groups in total. The molecule has 0 atom stereocenters. The summed E-state index contributed by atoms with van der Waals surface area (Å²) in [6.45, 7) is 6.49. The number of imidazole rings is 1. The topological polar surface area (TPSA) is 88.0 Å². The van der Waals surface area contributed by atoms with Gasteiger partial charge in [-0.25, -0.2) is 9.78 Å². The molecule has 0 aliphatic carbocycles. The molecule has 0 unspecified atom stereocenters. The van der Waals surface area contributed by atoms with Crippen molar-refractivity contribution in [1.82, 2.24) is 19.3 Å². The molecule has 0 aliphatic rings. The second-order valence-corrected chi connectivity index (χ2v) is 4.97. The lowest BCUT2D eigenvalue weighted by atomic mass is 10.2. The Balaban J connectivity index is 2.48. The molecule has 0 aliphatic heterocycles. The van der Waals surface area contributed by atoms with E-state index in [1.54, 1.807) is 0 Å². The van der Waals surface area contributed by atoms with Gasteiger partial charge in [0.1, 0.15) is 11.6 Å². The molecular weight excluding hydrogens is 270 g/mol. The molecule has 0 saturated heterocycles. The first-order valence-corrected chi connectivity index (χ1v) is 6.82. The standard InChI is InChI=1S/C14H21N5O2/c1-6-11-16-12(14(20)21-5)13(15)19(11)7-10-8(2)17-18(4)9(10)3/h6-7,15H2,1-5H3. The first-order chi connectivity index (χ1) is 9.90. The van der Waals surface area contributed by atoms with Gasteiger partial charge in [-0.15, -0.1) is 0 Å². The van der Waals surface area contributed by atoms with Gasteiger partial charge in [-0.1, -0.05) is 6.92 Å². The highest BCUT2D eigenvalue weighted by atomic mass is 16.5. The normalized spacial score (nSPS) is 10.9. The van der Waals surface area contributed by atoms with E-state index >= 15 is 0 Å². The Labute approximate surface area is 123 Å². The van der Waals surface area contributed by atoms with E-state index in [1.807, 2.05) is 37.1 Å². The van der Waals surface area contributed by atoms with Crippen LogP contribution >= 0.6 is 0 Å². The first kappa shape index (κ1) is 15.1. The van der Waals surface area contributed by atoms with Crippen molar-refractivity contribution >= 4 is 11.8 Å². The number of aryl methyl sites for hydroxylation is 3. The predicted octanol–water partition coefficient (Wildman–Crippen LogP) is 1.21. The van der Waals surface area contributed by atoms with Crippen molar-refractivity contribution in [2.45, 2.75) is 33.7 Å². The summed E-state index contributed by atoms with van der Waals surface area (Å²) < 4.78 is 8.41. The minimum absolute atomic E-state index is 0.175. The Morgan fingerprint density at radius 2 is 2.05 bits per heavy atom. The molecule has 0 radical (unpaired) electrons. The van der Waals surface area contributed by atoms with Crippen molar-refractivity contribution in [2.24, 2.45) is 7.05 Å². The number of esters is 1. The van der Waals surface area contributed by atoms with Crippen LogP contribution in [-0.2, 0) is 24.8 Å². The molecule has 0 bridgehead atoms. The van der Waals surface area contributed by atoms with E-state index in [9.17, 15) is 4.79 Å². The van der Waals surface area contributed by atoms with E-state index in [4.69, 9.17) is 10.5 Å². The molecule has 2 heterocycles. The van der Waals surface area contributed by atoms with Gasteiger partial charge in [-0.05, 0) is 13.8 Å².